The van der Waals surface area contributed by atoms with E-state index in [2.05, 4.69) is 112 Å². The normalized spacial score (nSPS) is 28.8. The Kier molecular flexibility index (Phi) is 4.59. The number of fused-ring (bicyclic) bond motifs is 3. The van der Waals surface area contributed by atoms with Crippen molar-refractivity contribution in [2.45, 2.75) is 37.5 Å². The highest BCUT2D eigenvalue weighted by molar-refractivity contribution is 9.10. The smallest absolute Gasteiger partial charge is 0.137 e. The summed E-state index contributed by atoms with van der Waals surface area (Å²) >= 11 is 3.72. The average molecular weight is 534 g/mol. The first kappa shape index (κ1) is 21.2. The molecule has 4 aliphatic carbocycles. The summed E-state index contributed by atoms with van der Waals surface area (Å²) in [4.78, 5) is 5.00. The summed E-state index contributed by atoms with van der Waals surface area (Å²) in [5.74, 6) is 4.33. The zero-order valence-corrected chi connectivity index (χ0v) is 21.9. The van der Waals surface area contributed by atoms with Crippen LogP contribution in [0, 0.1) is 23.7 Å². The van der Waals surface area contributed by atoms with Gasteiger partial charge in [0, 0.05) is 26.9 Å². The maximum absolute atomic E-state index is 5.00. The van der Waals surface area contributed by atoms with Crippen molar-refractivity contribution in [1.82, 2.24) is 9.55 Å². The topological polar surface area (TPSA) is 17.8 Å². The third kappa shape index (κ3) is 2.87. The van der Waals surface area contributed by atoms with Crippen LogP contribution in [-0.2, 0) is 5.41 Å². The van der Waals surface area contributed by atoms with Crippen molar-refractivity contribution in [1.29, 1.82) is 0 Å². The molecule has 0 N–H and O–H groups in total. The Hall–Kier alpha value is -2.91. The van der Waals surface area contributed by atoms with Crippen molar-refractivity contribution in [3.8, 4) is 5.82 Å². The fraction of sp³-hybridized carbons (Fsp3) is 0.303. The zero-order valence-electron chi connectivity index (χ0n) is 20.3. The SMILES string of the molecule is Brc1ccc2c3ccccc3n(-c3cc(C4(c5ccccc5)[C@H]5C[C@@H]6C[C@@H](C[C@H]4C6)C5)ccn3)c2c1. The predicted molar refractivity (Wildman–Crippen MR) is 151 cm³/mol. The fourth-order valence-electron chi connectivity index (χ4n) is 8.74. The first-order valence-electron chi connectivity index (χ1n) is 13.4. The summed E-state index contributed by atoms with van der Waals surface area (Å²) in [7, 11) is 0. The molecule has 178 valence electrons. The number of aromatic nitrogens is 2. The number of para-hydroxylation sites is 1. The number of halogens is 1. The fourth-order valence-corrected chi connectivity index (χ4v) is 9.09. The molecule has 3 aromatic carbocycles. The van der Waals surface area contributed by atoms with Crippen LogP contribution < -0.4 is 0 Å². The van der Waals surface area contributed by atoms with Crippen LogP contribution in [0.3, 0.4) is 0 Å². The Morgan fingerprint density at radius 3 is 2.14 bits per heavy atom. The molecule has 4 aliphatic rings. The van der Waals surface area contributed by atoms with Crippen molar-refractivity contribution in [2.24, 2.45) is 23.7 Å². The molecule has 4 bridgehead atoms. The average Bonchev–Trinajstić information content (AvgIpc) is 3.22. The van der Waals surface area contributed by atoms with Gasteiger partial charge in [0.2, 0.25) is 0 Å². The van der Waals surface area contributed by atoms with E-state index in [0.29, 0.717) is 0 Å². The lowest BCUT2D eigenvalue weighted by molar-refractivity contribution is -0.0418. The third-order valence-corrected chi connectivity index (χ3v) is 10.3. The van der Waals surface area contributed by atoms with Gasteiger partial charge in [0.1, 0.15) is 5.82 Å². The van der Waals surface area contributed by atoms with Crippen molar-refractivity contribution >= 4 is 37.7 Å². The number of hydrogen-bond acceptors (Lipinski definition) is 1. The highest BCUT2D eigenvalue weighted by Crippen LogP contribution is 2.65. The molecule has 5 aromatic rings. The van der Waals surface area contributed by atoms with Crippen LogP contribution in [0.15, 0.2) is 95.6 Å². The summed E-state index contributed by atoms with van der Waals surface area (Å²) in [5, 5.41) is 2.55. The Labute approximate surface area is 220 Å². The minimum Gasteiger partial charge on any atom is -0.294 e. The van der Waals surface area contributed by atoms with E-state index < -0.39 is 0 Å². The third-order valence-electron chi connectivity index (χ3n) is 9.77. The molecule has 0 radical (unpaired) electrons. The van der Waals surface area contributed by atoms with Gasteiger partial charge in [-0.05, 0) is 97.2 Å². The molecule has 3 heteroatoms. The van der Waals surface area contributed by atoms with Gasteiger partial charge in [0.25, 0.3) is 0 Å². The largest absolute Gasteiger partial charge is 0.294 e. The molecular weight excluding hydrogens is 504 g/mol. The molecule has 2 aromatic heterocycles. The second-order valence-corrected chi connectivity index (χ2v) is 12.4. The van der Waals surface area contributed by atoms with Crippen LogP contribution >= 0.6 is 15.9 Å². The lowest BCUT2D eigenvalue weighted by Gasteiger charge is -2.62. The van der Waals surface area contributed by atoms with Crippen LogP contribution in [0.25, 0.3) is 27.6 Å². The summed E-state index contributed by atoms with van der Waals surface area (Å²) in [5.41, 5.74) is 5.49. The van der Waals surface area contributed by atoms with E-state index in [9.17, 15) is 0 Å². The highest BCUT2D eigenvalue weighted by Gasteiger charge is 2.58. The molecule has 0 aliphatic heterocycles. The van der Waals surface area contributed by atoms with Crippen LogP contribution in [0.4, 0.5) is 0 Å². The van der Waals surface area contributed by atoms with Gasteiger partial charge in [-0.25, -0.2) is 4.98 Å². The van der Waals surface area contributed by atoms with Crippen molar-refractivity contribution in [3.05, 3.63) is 107 Å². The molecule has 4 fully saturated rings. The van der Waals surface area contributed by atoms with Crippen LogP contribution in [-0.4, -0.2) is 9.55 Å². The van der Waals surface area contributed by atoms with Crippen LogP contribution in [0.2, 0.25) is 0 Å². The molecular formula is C33H29BrN2. The maximum Gasteiger partial charge on any atom is 0.137 e. The summed E-state index contributed by atoms with van der Waals surface area (Å²) in [6, 6.07) is 31.6. The molecule has 0 spiro atoms. The highest BCUT2D eigenvalue weighted by atomic mass is 79.9. The van der Waals surface area contributed by atoms with Gasteiger partial charge < -0.3 is 0 Å². The van der Waals surface area contributed by atoms with E-state index in [0.717, 1.165) is 34.0 Å². The molecule has 2 nitrogen and oxygen atoms in total. The number of pyridine rings is 1. The molecule has 0 amide bonds. The quantitative estimate of drug-likeness (QED) is 0.227. The van der Waals surface area contributed by atoms with Crippen LogP contribution in [0.5, 0.6) is 0 Å². The van der Waals surface area contributed by atoms with Gasteiger partial charge in [0.05, 0.1) is 11.0 Å². The van der Waals surface area contributed by atoms with Gasteiger partial charge >= 0.3 is 0 Å². The molecule has 0 saturated heterocycles. The van der Waals surface area contributed by atoms with Gasteiger partial charge in [-0.1, -0.05) is 70.5 Å². The number of rotatable bonds is 3. The lowest BCUT2D eigenvalue weighted by atomic mass is 9.42. The van der Waals surface area contributed by atoms with Crippen LogP contribution in [0.1, 0.15) is 43.2 Å². The minimum absolute atomic E-state index is 0.0890. The van der Waals surface area contributed by atoms with E-state index in [1.807, 2.05) is 0 Å². The molecule has 9 rings (SSSR count). The summed E-state index contributed by atoms with van der Waals surface area (Å²) in [6.07, 6.45) is 9.04. The van der Waals surface area contributed by atoms with Crippen molar-refractivity contribution in [3.63, 3.8) is 0 Å². The first-order chi connectivity index (χ1) is 17.7. The lowest BCUT2D eigenvalue weighted by Crippen LogP contribution is -2.56. The zero-order chi connectivity index (χ0) is 23.9. The molecule has 0 atom stereocenters. The second-order valence-electron chi connectivity index (χ2n) is 11.5. The standard InChI is InChI=1S/C33H29BrN2/c34-27-10-11-29-28-8-4-5-9-30(28)36(31(29)20-27)32-19-24(12-13-35-32)33(23-6-2-1-3-7-23)25-15-21-14-22(17-25)18-26(33)16-21/h1-13,19-22,25-26H,14-18H2/t21-,22+,25-,26+,33?. The van der Waals surface area contributed by atoms with E-state index >= 15 is 0 Å². The Bertz CT molecular complexity index is 1590. The number of hydrogen-bond donors (Lipinski definition) is 0. The van der Waals surface area contributed by atoms with Gasteiger partial charge in [0.15, 0.2) is 0 Å². The van der Waals surface area contributed by atoms with Crippen molar-refractivity contribution < 1.29 is 0 Å². The Balaban J connectivity index is 1.39. The number of benzene rings is 3. The van der Waals surface area contributed by atoms with Gasteiger partial charge in [-0.2, -0.15) is 0 Å². The van der Waals surface area contributed by atoms with Gasteiger partial charge in [-0.15, -0.1) is 0 Å². The second kappa shape index (κ2) is 7.79. The van der Waals surface area contributed by atoms with E-state index in [-0.39, 0.29) is 5.41 Å². The molecule has 4 saturated carbocycles. The van der Waals surface area contributed by atoms with E-state index in [1.165, 1.54) is 65.0 Å². The first-order valence-corrected chi connectivity index (χ1v) is 14.2. The maximum atomic E-state index is 5.00. The number of nitrogens with zero attached hydrogens (tertiary/aromatic N) is 2. The molecule has 2 heterocycles. The van der Waals surface area contributed by atoms with Crippen molar-refractivity contribution in [2.75, 3.05) is 0 Å². The summed E-state index contributed by atoms with van der Waals surface area (Å²) in [6.45, 7) is 0. The van der Waals surface area contributed by atoms with E-state index in [4.69, 9.17) is 4.98 Å². The Morgan fingerprint density at radius 2 is 1.36 bits per heavy atom. The minimum atomic E-state index is 0.0890. The molecule has 36 heavy (non-hydrogen) atoms. The van der Waals surface area contributed by atoms with E-state index in [1.54, 1.807) is 0 Å². The monoisotopic (exact) mass is 532 g/mol. The molecule has 0 unspecified atom stereocenters. The predicted octanol–water partition coefficient (Wildman–Crippen LogP) is 8.68. The summed E-state index contributed by atoms with van der Waals surface area (Å²) < 4.78 is 3.46. The van der Waals surface area contributed by atoms with Gasteiger partial charge in [-0.3, -0.25) is 4.57 Å². The Morgan fingerprint density at radius 1 is 0.667 bits per heavy atom.